The molecular formula is C8H6ClF4N. The van der Waals surface area contributed by atoms with E-state index in [-0.39, 0.29) is 12.1 Å². The third-order valence-corrected chi connectivity index (χ3v) is 1.96. The zero-order valence-corrected chi connectivity index (χ0v) is 7.58. The monoisotopic (exact) mass is 227 g/mol. The first-order valence-corrected chi connectivity index (χ1v) is 3.99. The van der Waals surface area contributed by atoms with Crippen molar-refractivity contribution >= 4 is 11.6 Å². The van der Waals surface area contributed by atoms with E-state index in [2.05, 4.69) is 0 Å². The van der Waals surface area contributed by atoms with Gasteiger partial charge in [-0.15, -0.1) is 0 Å². The second-order valence-electron chi connectivity index (χ2n) is 2.63. The van der Waals surface area contributed by atoms with Crippen LogP contribution >= 0.6 is 11.6 Å². The normalized spacial score (nSPS) is 11.9. The van der Waals surface area contributed by atoms with Crippen LogP contribution in [0.4, 0.5) is 17.6 Å². The summed E-state index contributed by atoms with van der Waals surface area (Å²) in [7, 11) is 0. The van der Waals surface area contributed by atoms with E-state index in [1.807, 2.05) is 0 Å². The van der Waals surface area contributed by atoms with Crippen LogP contribution in [0.15, 0.2) is 12.1 Å². The summed E-state index contributed by atoms with van der Waals surface area (Å²) < 4.78 is 49.7. The Morgan fingerprint density at radius 3 is 2.29 bits per heavy atom. The third kappa shape index (κ3) is 2.16. The van der Waals surface area contributed by atoms with E-state index < -0.39 is 22.6 Å². The molecule has 78 valence electrons. The van der Waals surface area contributed by atoms with Crippen LogP contribution < -0.4 is 5.73 Å². The minimum absolute atomic E-state index is 0.306. The maximum absolute atomic E-state index is 12.8. The SMILES string of the molecule is NCc1cc(F)c(Cl)cc1C(F)(F)F. The molecule has 0 bridgehead atoms. The van der Waals surface area contributed by atoms with Crippen molar-refractivity contribution in [3.05, 3.63) is 34.1 Å². The van der Waals surface area contributed by atoms with Gasteiger partial charge in [0, 0.05) is 6.54 Å². The number of alkyl halides is 3. The molecule has 0 saturated heterocycles. The molecule has 1 aromatic rings. The van der Waals surface area contributed by atoms with E-state index in [9.17, 15) is 17.6 Å². The van der Waals surface area contributed by atoms with Crippen molar-refractivity contribution in [3.63, 3.8) is 0 Å². The minimum Gasteiger partial charge on any atom is -0.326 e. The van der Waals surface area contributed by atoms with Crippen molar-refractivity contribution < 1.29 is 17.6 Å². The first kappa shape index (κ1) is 11.3. The molecule has 0 radical (unpaired) electrons. The van der Waals surface area contributed by atoms with Crippen molar-refractivity contribution in [3.8, 4) is 0 Å². The smallest absolute Gasteiger partial charge is 0.326 e. The number of hydrogen-bond donors (Lipinski definition) is 1. The minimum atomic E-state index is -4.56. The van der Waals surface area contributed by atoms with Gasteiger partial charge in [0.15, 0.2) is 0 Å². The summed E-state index contributed by atoms with van der Waals surface area (Å²) in [5.74, 6) is -0.903. The van der Waals surface area contributed by atoms with E-state index in [0.717, 1.165) is 0 Å². The van der Waals surface area contributed by atoms with E-state index in [1.54, 1.807) is 0 Å². The van der Waals surface area contributed by atoms with Gasteiger partial charge < -0.3 is 5.73 Å². The second kappa shape index (κ2) is 3.74. The van der Waals surface area contributed by atoms with Crippen LogP contribution in [0.3, 0.4) is 0 Å². The number of rotatable bonds is 1. The van der Waals surface area contributed by atoms with Crippen LogP contribution in [0.2, 0.25) is 5.02 Å². The highest BCUT2D eigenvalue weighted by Gasteiger charge is 2.33. The van der Waals surface area contributed by atoms with Gasteiger partial charge in [-0.3, -0.25) is 0 Å². The van der Waals surface area contributed by atoms with E-state index in [1.165, 1.54) is 0 Å². The molecule has 0 aliphatic rings. The number of nitrogens with two attached hydrogens (primary N) is 1. The van der Waals surface area contributed by atoms with Crippen molar-refractivity contribution in [2.45, 2.75) is 12.7 Å². The number of benzene rings is 1. The van der Waals surface area contributed by atoms with Gasteiger partial charge in [0.1, 0.15) is 5.82 Å². The lowest BCUT2D eigenvalue weighted by Crippen LogP contribution is -2.12. The van der Waals surface area contributed by atoms with Crippen LogP contribution in [-0.4, -0.2) is 0 Å². The Kier molecular flexibility index (Phi) is 3.01. The molecule has 0 aliphatic carbocycles. The van der Waals surface area contributed by atoms with Gasteiger partial charge in [-0.1, -0.05) is 11.6 Å². The average molecular weight is 228 g/mol. The Morgan fingerprint density at radius 1 is 1.29 bits per heavy atom. The fourth-order valence-corrected chi connectivity index (χ4v) is 1.18. The predicted octanol–water partition coefficient (Wildman–Crippen LogP) is 2.96. The second-order valence-corrected chi connectivity index (χ2v) is 3.03. The lowest BCUT2D eigenvalue weighted by molar-refractivity contribution is -0.138. The van der Waals surface area contributed by atoms with Crippen LogP contribution in [0.25, 0.3) is 0 Å². The van der Waals surface area contributed by atoms with Crippen molar-refractivity contribution in [2.24, 2.45) is 5.73 Å². The molecule has 0 amide bonds. The molecule has 6 heteroatoms. The molecule has 0 aliphatic heterocycles. The zero-order chi connectivity index (χ0) is 10.9. The van der Waals surface area contributed by atoms with Crippen LogP contribution in [0.5, 0.6) is 0 Å². The summed E-state index contributed by atoms with van der Waals surface area (Å²) >= 11 is 5.23. The summed E-state index contributed by atoms with van der Waals surface area (Å²) in [6.45, 7) is -0.386. The highest BCUT2D eigenvalue weighted by Crippen LogP contribution is 2.34. The molecule has 0 aromatic heterocycles. The van der Waals surface area contributed by atoms with E-state index >= 15 is 0 Å². The molecule has 14 heavy (non-hydrogen) atoms. The van der Waals surface area contributed by atoms with E-state index in [4.69, 9.17) is 17.3 Å². The highest BCUT2D eigenvalue weighted by atomic mass is 35.5. The Labute approximate surface area is 82.5 Å². The standard InChI is InChI=1S/C8H6ClF4N/c9-6-2-5(8(11,12)13)4(3-14)1-7(6)10/h1-2H,3,14H2. The zero-order valence-electron chi connectivity index (χ0n) is 6.83. The molecule has 0 unspecified atom stereocenters. The average Bonchev–Trinajstić information content (AvgIpc) is 2.07. The van der Waals surface area contributed by atoms with Crippen molar-refractivity contribution in [1.29, 1.82) is 0 Å². The summed E-state index contributed by atoms with van der Waals surface area (Å²) in [4.78, 5) is 0. The quantitative estimate of drug-likeness (QED) is 0.734. The summed E-state index contributed by atoms with van der Waals surface area (Å²) in [6.07, 6.45) is -4.56. The molecule has 2 N–H and O–H groups in total. The van der Waals surface area contributed by atoms with Crippen LogP contribution in [0.1, 0.15) is 11.1 Å². The van der Waals surface area contributed by atoms with Gasteiger partial charge in [-0.25, -0.2) is 4.39 Å². The van der Waals surface area contributed by atoms with E-state index in [0.29, 0.717) is 12.1 Å². The van der Waals surface area contributed by atoms with Gasteiger partial charge in [0.2, 0.25) is 0 Å². The molecule has 1 aromatic carbocycles. The third-order valence-electron chi connectivity index (χ3n) is 1.67. The van der Waals surface area contributed by atoms with Gasteiger partial charge in [-0.2, -0.15) is 13.2 Å². The Balaban J connectivity index is 3.35. The van der Waals surface area contributed by atoms with Gasteiger partial charge in [0.05, 0.1) is 10.6 Å². The maximum Gasteiger partial charge on any atom is 0.416 e. The predicted molar refractivity (Wildman–Crippen MR) is 44.3 cm³/mol. The molecule has 0 heterocycles. The lowest BCUT2D eigenvalue weighted by Gasteiger charge is -2.12. The maximum atomic E-state index is 12.8. The summed E-state index contributed by atoms with van der Waals surface area (Å²) in [5.41, 5.74) is 3.76. The fourth-order valence-electron chi connectivity index (χ4n) is 1.02. The summed E-state index contributed by atoms with van der Waals surface area (Å²) in [5, 5.41) is -0.561. The number of halogens is 5. The molecule has 1 nitrogen and oxygen atoms in total. The molecule has 1 rings (SSSR count). The van der Waals surface area contributed by atoms with Gasteiger partial charge in [0.25, 0.3) is 0 Å². The Hall–Kier alpha value is -0.810. The van der Waals surface area contributed by atoms with Gasteiger partial charge >= 0.3 is 6.18 Å². The fraction of sp³-hybridized carbons (Fsp3) is 0.250. The molecule has 0 spiro atoms. The topological polar surface area (TPSA) is 26.0 Å². The van der Waals surface area contributed by atoms with Crippen LogP contribution in [0, 0.1) is 5.82 Å². The number of hydrogen-bond acceptors (Lipinski definition) is 1. The largest absolute Gasteiger partial charge is 0.416 e. The highest BCUT2D eigenvalue weighted by molar-refractivity contribution is 6.30. The first-order valence-electron chi connectivity index (χ1n) is 3.61. The van der Waals surface area contributed by atoms with Crippen LogP contribution in [-0.2, 0) is 12.7 Å². The lowest BCUT2D eigenvalue weighted by atomic mass is 10.1. The van der Waals surface area contributed by atoms with Crippen molar-refractivity contribution in [1.82, 2.24) is 0 Å². The Bertz CT molecular complexity index is 348. The molecular weight excluding hydrogens is 222 g/mol. The molecule has 0 saturated carbocycles. The summed E-state index contributed by atoms with van der Waals surface area (Å²) in [6, 6.07) is 1.24. The molecule has 0 fully saturated rings. The first-order chi connectivity index (χ1) is 6.36. The van der Waals surface area contributed by atoms with Gasteiger partial charge in [-0.05, 0) is 17.7 Å². The van der Waals surface area contributed by atoms with Crippen molar-refractivity contribution in [2.75, 3.05) is 0 Å². The Morgan fingerprint density at radius 2 is 1.86 bits per heavy atom. The molecule has 0 atom stereocenters.